The highest BCUT2D eigenvalue weighted by atomic mass is 32.2. The number of para-hydroxylation sites is 1. The van der Waals surface area contributed by atoms with Crippen LogP contribution in [0.25, 0.3) is 6.08 Å². The van der Waals surface area contributed by atoms with Crippen molar-refractivity contribution >= 4 is 28.6 Å². The summed E-state index contributed by atoms with van der Waals surface area (Å²) in [6.07, 6.45) is 9.07. The first-order chi connectivity index (χ1) is 9.76. The fourth-order valence-electron chi connectivity index (χ4n) is 2.06. The number of anilines is 1. The summed E-state index contributed by atoms with van der Waals surface area (Å²) < 4.78 is 0. The topological polar surface area (TPSA) is 35.8 Å². The maximum atomic E-state index is 8.81. The Morgan fingerprint density at radius 3 is 2.90 bits per heavy atom. The van der Waals surface area contributed by atoms with Gasteiger partial charge in [0.2, 0.25) is 0 Å². The summed E-state index contributed by atoms with van der Waals surface area (Å²) in [5, 5.41) is 9.80. The highest BCUT2D eigenvalue weighted by Gasteiger charge is 2.13. The molecule has 1 heterocycles. The normalized spacial score (nSPS) is 16.6. The van der Waals surface area contributed by atoms with Crippen LogP contribution in [-0.2, 0) is 0 Å². The summed E-state index contributed by atoms with van der Waals surface area (Å²) >= 11 is 1.63. The maximum Gasteiger partial charge on any atom is 0.0922 e. The summed E-state index contributed by atoms with van der Waals surface area (Å²) in [5.41, 5.74) is 3.56. The van der Waals surface area contributed by atoms with E-state index in [4.69, 9.17) is 5.11 Å². The Kier molecular flexibility index (Phi) is 5.44. The molecule has 0 bridgehead atoms. The van der Waals surface area contributed by atoms with Gasteiger partial charge in [0, 0.05) is 31.6 Å². The summed E-state index contributed by atoms with van der Waals surface area (Å²) in [6, 6.07) is 8.34. The highest BCUT2D eigenvalue weighted by Crippen LogP contribution is 2.29. The van der Waals surface area contributed by atoms with Gasteiger partial charge in [-0.15, -0.1) is 11.8 Å². The monoisotopic (exact) mass is 288 g/mol. The molecule has 2 rings (SSSR count). The van der Waals surface area contributed by atoms with E-state index < -0.39 is 0 Å². The summed E-state index contributed by atoms with van der Waals surface area (Å²) in [6.45, 7) is 0.857. The van der Waals surface area contributed by atoms with Gasteiger partial charge in [0.15, 0.2) is 0 Å². The summed E-state index contributed by atoms with van der Waals surface area (Å²) in [7, 11) is 2.07. The number of allylic oxidation sites excluding steroid dienone is 1. The van der Waals surface area contributed by atoms with Gasteiger partial charge in [-0.3, -0.25) is 4.99 Å². The number of thioether (sulfide) groups is 1. The van der Waals surface area contributed by atoms with Crippen molar-refractivity contribution in [2.24, 2.45) is 4.99 Å². The minimum atomic E-state index is 0.189. The number of aliphatic hydroxyl groups excluding tert-OH is 1. The molecular formula is C16H20N2OS. The largest absolute Gasteiger partial charge is 0.396 e. The lowest BCUT2D eigenvalue weighted by atomic mass is 10.1. The molecule has 0 amide bonds. The van der Waals surface area contributed by atoms with Gasteiger partial charge in [0.25, 0.3) is 0 Å². The average Bonchev–Trinajstić information content (AvgIpc) is 2.49. The number of likely N-dealkylation sites (N-methyl/N-ethyl adjacent to an activating group) is 1. The second-order valence-corrected chi connectivity index (χ2v) is 5.35. The molecule has 0 saturated heterocycles. The number of nitrogens with zero attached hydrogens (tertiary/aromatic N) is 2. The average molecular weight is 288 g/mol. The molecule has 20 heavy (non-hydrogen) atoms. The van der Waals surface area contributed by atoms with E-state index in [0.717, 1.165) is 10.7 Å². The molecule has 4 heteroatoms. The summed E-state index contributed by atoms with van der Waals surface area (Å²) in [5.74, 6) is 0. The molecule has 1 aromatic rings. The fourth-order valence-corrected chi connectivity index (χ4v) is 2.52. The van der Waals surface area contributed by atoms with Crippen LogP contribution in [-0.4, -0.2) is 36.6 Å². The van der Waals surface area contributed by atoms with Gasteiger partial charge < -0.3 is 10.0 Å². The SMILES string of the molecule is CSC(C=C1C=Cc2ccccc2N1C)=NCCCO. The minimum Gasteiger partial charge on any atom is -0.396 e. The molecule has 0 unspecified atom stereocenters. The van der Waals surface area contributed by atoms with E-state index in [-0.39, 0.29) is 6.61 Å². The predicted octanol–water partition coefficient (Wildman–Crippen LogP) is 3.18. The van der Waals surface area contributed by atoms with Crippen molar-refractivity contribution in [1.29, 1.82) is 0 Å². The molecule has 0 saturated carbocycles. The first-order valence-corrected chi connectivity index (χ1v) is 7.90. The molecule has 3 nitrogen and oxygen atoms in total. The Bertz CT molecular complexity index is 549. The Labute approximate surface area is 124 Å². The zero-order valence-corrected chi connectivity index (χ0v) is 12.7. The van der Waals surface area contributed by atoms with E-state index in [0.29, 0.717) is 13.0 Å². The molecule has 0 radical (unpaired) electrons. The molecule has 0 aliphatic carbocycles. The van der Waals surface area contributed by atoms with Crippen molar-refractivity contribution in [2.75, 3.05) is 31.4 Å². The van der Waals surface area contributed by atoms with Gasteiger partial charge in [0.05, 0.1) is 5.04 Å². The van der Waals surface area contributed by atoms with Crippen LogP contribution in [0.15, 0.2) is 47.1 Å². The highest BCUT2D eigenvalue weighted by molar-refractivity contribution is 8.13. The van der Waals surface area contributed by atoms with Crippen LogP contribution in [0.4, 0.5) is 5.69 Å². The third kappa shape index (κ3) is 3.52. The predicted molar refractivity (Wildman–Crippen MR) is 89.5 cm³/mol. The Balaban J connectivity index is 2.21. The van der Waals surface area contributed by atoms with Crippen LogP contribution in [0.3, 0.4) is 0 Å². The van der Waals surface area contributed by atoms with E-state index in [1.54, 1.807) is 11.8 Å². The van der Waals surface area contributed by atoms with Gasteiger partial charge in [-0.25, -0.2) is 0 Å². The van der Waals surface area contributed by atoms with Gasteiger partial charge in [-0.2, -0.15) is 0 Å². The van der Waals surface area contributed by atoms with Crippen LogP contribution < -0.4 is 4.90 Å². The van der Waals surface area contributed by atoms with Gasteiger partial charge in [0.1, 0.15) is 0 Å². The van der Waals surface area contributed by atoms with Crippen LogP contribution >= 0.6 is 11.8 Å². The number of rotatable bonds is 4. The first kappa shape index (κ1) is 14.9. The van der Waals surface area contributed by atoms with E-state index in [9.17, 15) is 0 Å². The van der Waals surface area contributed by atoms with E-state index in [1.165, 1.54) is 11.3 Å². The van der Waals surface area contributed by atoms with Crippen molar-refractivity contribution in [3.8, 4) is 0 Å². The fraction of sp³-hybridized carbons (Fsp3) is 0.312. The third-order valence-electron chi connectivity index (χ3n) is 3.18. The zero-order chi connectivity index (χ0) is 14.4. The molecule has 1 N–H and O–H groups in total. The van der Waals surface area contributed by atoms with Crippen molar-refractivity contribution in [2.45, 2.75) is 6.42 Å². The number of benzene rings is 1. The standard InChI is InChI=1S/C16H20N2OS/c1-18-14(12-16(20-2)17-10-5-11-19)9-8-13-6-3-4-7-15(13)18/h3-4,6-9,12,19H,5,10-11H2,1-2H3. The number of hydrogen-bond acceptors (Lipinski definition) is 4. The van der Waals surface area contributed by atoms with Gasteiger partial charge >= 0.3 is 0 Å². The molecule has 1 aromatic carbocycles. The molecule has 1 aliphatic heterocycles. The first-order valence-electron chi connectivity index (χ1n) is 6.68. The third-order valence-corrected chi connectivity index (χ3v) is 3.85. The molecule has 0 atom stereocenters. The Morgan fingerprint density at radius 2 is 2.15 bits per heavy atom. The number of fused-ring (bicyclic) bond motifs is 1. The zero-order valence-electron chi connectivity index (χ0n) is 11.9. The minimum absolute atomic E-state index is 0.189. The van der Waals surface area contributed by atoms with Crippen molar-refractivity contribution < 1.29 is 5.11 Å². The van der Waals surface area contributed by atoms with Crippen LogP contribution in [0, 0.1) is 0 Å². The van der Waals surface area contributed by atoms with Crippen LogP contribution in [0.5, 0.6) is 0 Å². The summed E-state index contributed by atoms with van der Waals surface area (Å²) in [4.78, 5) is 6.67. The molecule has 0 spiro atoms. The lowest BCUT2D eigenvalue weighted by Crippen LogP contribution is -2.19. The van der Waals surface area contributed by atoms with E-state index in [1.807, 2.05) is 6.26 Å². The van der Waals surface area contributed by atoms with Crippen molar-refractivity contribution in [1.82, 2.24) is 0 Å². The number of aliphatic hydroxyl groups is 1. The maximum absolute atomic E-state index is 8.81. The second-order valence-electron chi connectivity index (χ2n) is 4.52. The lowest BCUT2D eigenvalue weighted by Gasteiger charge is -2.26. The quantitative estimate of drug-likeness (QED) is 0.525. The van der Waals surface area contributed by atoms with Crippen molar-refractivity contribution in [3.63, 3.8) is 0 Å². The molecule has 0 fully saturated rings. The lowest BCUT2D eigenvalue weighted by molar-refractivity contribution is 0.291. The van der Waals surface area contributed by atoms with Gasteiger partial charge in [-0.05, 0) is 36.5 Å². The number of aliphatic imine (C=N–C) groups is 1. The molecule has 0 aromatic heterocycles. The van der Waals surface area contributed by atoms with Crippen LogP contribution in [0.2, 0.25) is 0 Å². The van der Waals surface area contributed by atoms with Crippen molar-refractivity contribution in [3.05, 3.63) is 47.7 Å². The molecule has 1 aliphatic rings. The number of hydrogen-bond donors (Lipinski definition) is 1. The Morgan fingerprint density at radius 1 is 1.35 bits per heavy atom. The second kappa shape index (κ2) is 7.31. The Hall–Kier alpha value is -1.52. The molecular weight excluding hydrogens is 268 g/mol. The van der Waals surface area contributed by atoms with E-state index in [2.05, 4.69) is 59.4 Å². The van der Waals surface area contributed by atoms with Gasteiger partial charge in [-0.1, -0.05) is 24.3 Å². The molecule has 106 valence electrons. The smallest absolute Gasteiger partial charge is 0.0922 e. The van der Waals surface area contributed by atoms with Crippen LogP contribution in [0.1, 0.15) is 12.0 Å². The van der Waals surface area contributed by atoms with E-state index >= 15 is 0 Å².